The number of carbonyl (C=O) groups is 2. The number of hydrogen-bond donors (Lipinski definition) is 3. The SMILES string of the molecule is CCNC(=O)NCC#Cc1ccc(NC(C)=O)cc1. The molecular formula is C14H17N3O2. The first-order chi connectivity index (χ1) is 9.11. The molecule has 3 amide bonds. The van der Waals surface area contributed by atoms with Crippen LogP contribution in [0.4, 0.5) is 10.5 Å². The Balaban J connectivity index is 2.45. The van der Waals surface area contributed by atoms with Crippen LogP contribution in [0.25, 0.3) is 0 Å². The Bertz CT molecular complexity index is 498. The van der Waals surface area contributed by atoms with Crippen molar-refractivity contribution in [3.05, 3.63) is 29.8 Å². The van der Waals surface area contributed by atoms with Gasteiger partial charge in [0.05, 0.1) is 6.54 Å². The Kier molecular flexibility index (Phi) is 5.96. The molecule has 0 heterocycles. The smallest absolute Gasteiger partial charge is 0.315 e. The molecule has 5 heteroatoms. The second-order valence-electron chi connectivity index (χ2n) is 3.77. The van der Waals surface area contributed by atoms with Gasteiger partial charge in [0.2, 0.25) is 5.91 Å². The summed E-state index contributed by atoms with van der Waals surface area (Å²) < 4.78 is 0. The number of carbonyl (C=O) groups excluding carboxylic acids is 2. The Hall–Kier alpha value is -2.48. The van der Waals surface area contributed by atoms with Crippen molar-refractivity contribution in [2.75, 3.05) is 18.4 Å². The maximum absolute atomic E-state index is 11.1. The highest BCUT2D eigenvalue weighted by molar-refractivity contribution is 5.88. The predicted octanol–water partition coefficient (Wildman–Crippen LogP) is 1.32. The third kappa shape index (κ3) is 6.13. The van der Waals surface area contributed by atoms with Gasteiger partial charge in [0.1, 0.15) is 0 Å². The number of urea groups is 1. The van der Waals surface area contributed by atoms with Gasteiger partial charge in [-0.3, -0.25) is 4.79 Å². The maximum Gasteiger partial charge on any atom is 0.315 e. The molecule has 0 fully saturated rings. The molecule has 1 aromatic rings. The summed E-state index contributed by atoms with van der Waals surface area (Å²) in [5, 5.41) is 7.90. The third-order valence-electron chi connectivity index (χ3n) is 2.11. The minimum atomic E-state index is -0.224. The first-order valence-corrected chi connectivity index (χ1v) is 6.00. The van der Waals surface area contributed by atoms with E-state index < -0.39 is 0 Å². The molecule has 19 heavy (non-hydrogen) atoms. The summed E-state index contributed by atoms with van der Waals surface area (Å²) in [5.41, 5.74) is 1.56. The monoisotopic (exact) mass is 259 g/mol. The van der Waals surface area contributed by atoms with Gasteiger partial charge in [-0.2, -0.15) is 0 Å². The Morgan fingerprint density at radius 3 is 2.42 bits per heavy atom. The number of hydrogen-bond acceptors (Lipinski definition) is 2. The highest BCUT2D eigenvalue weighted by atomic mass is 16.2. The van der Waals surface area contributed by atoms with Gasteiger partial charge in [0.15, 0.2) is 0 Å². The number of amides is 3. The lowest BCUT2D eigenvalue weighted by Crippen LogP contribution is -2.35. The van der Waals surface area contributed by atoms with Gasteiger partial charge in [-0.05, 0) is 31.2 Å². The summed E-state index contributed by atoms with van der Waals surface area (Å²) >= 11 is 0. The lowest BCUT2D eigenvalue weighted by molar-refractivity contribution is -0.114. The second-order valence-corrected chi connectivity index (χ2v) is 3.77. The second kappa shape index (κ2) is 7.77. The molecule has 0 bridgehead atoms. The summed E-state index contributed by atoms with van der Waals surface area (Å²) in [6.07, 6.45) is 0. The summed E-state index contributed by atoms with van der Waals surface area (Å²) in [5.74, 6) is 5.65. The van der Waals surface area contributed by atoms with E-state index in [9.17, 15) is 9.59 Å². The molecular weight excluding hydrogens is 242 g/mol. The van der Waals surface area contributed by atoms with E-state index in [1.807, 2.05) is 19.1 Å². The Labute approximate surface area is 112 Å². The van der Waals surface area contributed by atoms with Gasteiger partial charge in [-0.25, -0.2) is 4.79 Å². The van der Waals surface area contributed by atoms with Crippen molar-refractivity contribution in [3.8, 4) is 11.8 Å². The lowest BCUT2D eigenvalue weighted by atomic mass is 10.2. The predicted molar refractivity (Wildman–Crippen MR) is 74.7 cm³/mol. The van der Waals surface area contributed by atoms with E-state index in [0.29, 0.717) is 13.1 Å². The molecule has 3 N–H and O–H groups in total. The van der Waals surface area contributed by atoms with Crippen molar-refractivity contribution in [3.63, 3.8) is 0 Å². The van der Waals surface area contributed by atoms with E-state index in [4.69, 9.17) is 0 Å². The van der Waals surface area contributed by atoms with Crippen molar-refractivity contribution in [2.24, 2.45) is 0 Å². The fourth-order valence-corrected chi connectivity index (χ4v) is 1.33. The van der Waals surface area contributed by atoms with Crippen molar-refractivity contribution in [1.82, 2.24) is 10.6 Å². The van der Waals surface area contributed by atoms with Crippen molar-refractivity contribution >= 4 is 17.6 Å². The van der Waals surface area contributed by atoms with Gasteiger partial charge in [0, 0.05) is 24.7 Å². The van der Waals surface area contributed by atoms with Crippen molar-refractivity contribution in [1.29, 1.82) is 0 Å². The van der Waals surface area contributed by atoms with Gasteiger partial charge in [-0.15, -0.1) is 0 Å². The van der Waals surface area contributed by atoms with Crippen LogP contribution in [-0.2, 0) is 4.79 Å². The molecule has 0 aliphatic heterocycles. The molecule has 0 aliphatic rings. The van der Waals surface area contributed by atoms with E-state index in [2.05, 4.69) is 27.8 Å². The van der Waals surface area contributed by atoms with Crippen LogP contribution in [-0.4, -0.2) is 25.0 Å². The van der Waals surface area contributed by atoms with E-state index in [1.165, 1.54) is 6.92 Å². The van der Waals surface area contributed by atoms with Crippen LogP contribution >= 0.6 is 0 Å². The molecule has 0 aliphatic carbocycles. The molecule has 0 saturated heterocycles. The van der Waals surface area contributed by atoms with Crippen molar-refractivity contribution in [2.45, 2.75) is 13.8 Å². The van der Waals surface area contributed by atoms with E-state index in [-0.39, 0.29) is 11.9 Å². The Morgan fingerprint density at radius 1 is 1.16 bits per heavy atom. The fourth-order valence-electron chi connectivity index (χ4n) is 1.33. The summed E-state index contributed by atoms with van der Waals surface area (Å²) in [7, 11) is 0. The van der Waals surface area contributed by atoms with Crippen LogP contribution in [0.1, 0.15) is 19.4 Å². The normalized spacial score (nSPS) is 8.95. The molecule has 0 saturated carbocycles. The fraction of sp³-hybridized carbons (Fsp3) is 0.286. The highest BCUT2D eigenvalue weighted by Gasteiger charge is 1.95. The zero-order chi connectivity index (χ0) is 14.1. The van der Waals surface area contributed by atoms with Crippen LogP contribution in [0.3, 0.4) is 0 Å². The number of anilines is 1. The summed E-state index contributed by atoms with van der Waals surface area (Å²) in [6, 6.07) is 6.96. The number of nitrogens with one attached hydrogen (secondary N) is 3. The molecule has 0 radical (unpaired) electrons. The number of benzene rings is 1. The molecule has 0 unspecified atom stereocenters. The summed E-state index contributed by atoms with van der Waals surface area (Å²) in [6.45, 7) is 4.19. The van der Waals surface area contributed by atoms with Crippen molar-refractivity contribution < 1.29 is 9.59 Å². The van der Waals surface area contributed by atoms with E-state index >= 15 is 0 Å². The largest absolute Gasteiger partial charge is 0.338 e. The molecule has 1 rings (SSSR count). The minimum Gasteiger partial charge on any atom is -0.338 e. The van der Waals surface area contributed by atoms with Gasteiger partial charge >= 0.3 is 6.03 Å². The average molecular weight is 259 g/mol. The van der Waals surface area contributed by atoms with Crippen LogP contribution in [0.15, 0.2) is 24.3 Å². The van der Waals surface area contributed by atoms with Gasteiger partial charge < -0.3 is 16.0 Å². The van der Waals surface area contributed by atoms with Crippen LogP contribution < -0.4 is 16.0 Å². The topological polar surface area (TPSA) is 70.2 Å². The maximum atomic E-state index is 11.1. The van der Waals surface area contributed by atoms with Gasteiger partial charge in [0.25, 0.3) is 0 Å². The molecule has 0 atom stereocenters. The quantitative estimate of drug-likeness (QED) is 0.716. The standard InChI is InChI=1S/C14H17N3O2/c1-3-15-14(19)16-10-4-5-12-6-8-13(9-7-12)17-11(2)18/h6-9H,3,10H2,1-2H3,(H,17,18)(H2,15,16,19). The molecule has 0 aromatic heterocycles. The Morgan fingerprint density at radius 2 is 1.84 bits per heavy atom. The lowest BCUT2D eigenvalue weighted by Gasteiger charge is -2.01. The third-order valence-corrected chi connectivity index (χ3v) is 2.11. The van der Waals surface area contributed by atoms with Crippen LogP contribution in [0.5, 0.6) is 0 Å². The first-order valence-electron chi connectivity index (χ1n) is 6.00. The molecule has 5 nitrogen and oxygen atoms in total. The van der Waals surface area contributed by atoms with Crippen LogP contribution in [0, 0.1) is 11.8 Å². The number of rotatable bonds is 3. The average Bonchev–Trinajstić information content (AvgIpc) is 2.36. The molecule has 100 valence electrons. The molecule has 1 aromatic carbocycles. The van der Waals surface area contributed by atoms with Crippen LogP contribution in [0.2, 0.25) is 0 Å². The minimum absolute atomic E-state index is 0.107. The highest BCUT2D eigenvalue weighted by Crippen LogP contribution is 2.08. The zero-order valence-electron chi connectivity index (χ0n) is 11.0. The van der Waals surface area contributed by atoms with E-state index in [1.54, 1.807) is 12.1 Å². The van der Waals surface area contributed by atoms with Gasteiger partial charge in [-0.1, -0.05) is 11.8 Å². The zero-order valence-corrected chi connectivity index (χ0v) is 11.0. The summed E-state index contributed by atoms with van der Waals surface area (Å²) in [4.78, 5) is 21.9. The van der Waals surface area contributed by atoms with E-state index in [0.717, 1.165) is 11.3 Å². The molecule has 0 spiro atoms. The first kappa shape index (κ1) is 14.6.